The van der Waals surface area contributed by atoms with E-state index in [-0.39, 0.29) is 11.6 Å². The third-order valence-corrected chi connectivity index (χ3v) is 5.07. The molecule has 140 valence electrons. The number of aryl methyl sites for hydroxylation is 1. The predicted octanol–water partition coefficient (Wildman–Crippen LogP) is 3.30. The Balaban J connectivity index is 2.07. The summed E-state index contributed by atoms with van der Waals surface area (Å²) < 4.78 is 8.87. The van der Waals surface area contributed by atoms with Gasteiger partial charge in [-0.1, -0.05) is 19.1 Å². The van der Waals surface area contributed by atoms with Gasteiger partial charge in [0.25, 0.3) is 5.56 Å². The molecule has 0 aliphatic carbocycles. The molecule has 0 aliphatic rings. The predicted molar refractivity (Wildman–Crippen MR) is 106 cm³/mol. The molecule has 0 aliphatic heterocycles. The summed E-state index contributed by atoms with van der Waals surface area (Å²) in [7, 11) is 1.68. The second-order valence-electron chi connectivity index (χ2n) is 6.80. The summed E-state index contributed by atoms with van der Waals surface area (Å²) >= 11 is 0. The van der Waals surface area contributed by atoms with Crippen LogP contribution >= 0.6 is 0 Å². The zero-order valence-electron chi connectivity index (χ0n) is 15.8. The number of methoxy groups -OCH3 is 1. The molecular weight excluding hydrogens is 342 g/mol. The summed E-state index contributed by atoms with van der Waals surface area (Å²) in [4.78, 5) is 27.4. The van der Waals surface area contributed by atoms with Crippen LogP contribution in [0.2, 0.25) is 0 Å². The molecule has 1 atom stereocenters. The largest absolute Gasteiger partial charge is 0.385 e. The van der Waals surface area contributed by atoms with Crippen molar-refractivity contribution in [3.05, 3.63) is 40.9 Å². The van der Waals surface area contributed by atoms with Crippen molar-refractivity contribution in [2.24, 2.45) is 0 Å². The molecule has 0 fully saturated rings. The highest BCUT2D eigenvalue weighted by atomic mass is 16.5. The van der Waals surface area contributed by atoms with E-state index >= 15 is 0 Å². The van der Waals surface area contributed by atoms with E-state index in [1.807, 2.05) is 35.8 Å². The molecule has 3 heterocycles. The molecule has 0 saturated heterocycles. The quantitative estimate of drug-likeness (QED) is 0.490. The first-order valence-corrected chi connectivity index (χ1v) is 9.30. The average Bonchev–Trinajstić information content (AvgIpc) is 2.99. The molecule has 1 aromatic carbocycles. The molecule has 0 unspecified atom stereocenters. The van der Waals surface area contributed by atoms with Crippen molar-refractivity contribution in [2.75, 3.05) is 13.7 Å². The minimum absolute atomic E-state index is 0.0607. The standard InChI is InChI=1S/C20H23N5O2/c1-4-13(2)25-12-21-18-16(20(25)26)17-19(24(18)10-7-11-27-3)23-15-9-6-5-8-14(15)22-17/h5-6,8-9,12-13H,4,7,10-11H2,1-3H3/t13-/m1/s1. The van der Waals surface area contributed by atoms with E-state index in [2.05, 4.69) is 11.9 Å². The zero-order valence-corrected chi connectivity index (χ0v) is 15.8. The summed E-state index contributed by atoms with van der Waals surface area (Å²) in [6.45, 7) is 5.38. The lowest BCUT2D eigenvalue weighted by Crippen LogP contribution is -2.23. The molecule has 0 saturated carbocycles. The van der Waals surface area contributed by atoms with Crippen LogP contribution in [0.4, 0.5) is 0 Å². The molecule has 7 nitrogen and oxygen atoms in total. The Bertz CT molecular complexity index is 1180. The topological polar surface area (TPSA) is 74.8 Å². The molecule has 7 heteroatoms. The maximum Gasteiger partial charge on any atom is 0.265 e. The van der Waals surface area contributed by atoms with Crippen LogP contribution in [-0.4, -0.2) is 37.8 Å². The van der Waals surface area contributed by atoms with Crippen LogP contribution in [0.3, 0.4) is 0 Å². The Morgan fingerprint density at radius 1 is 1.15 bits per heavy atom. The number of ether oxygens (including phenoxy) is 1. The first-order valence-electron chi connectivity index (χ1n) is 9.30. The van der Waals surface area contributed by atoms with E-state index in [1.165, 1.54) is 0 Å². The van der Waals surface area contributed by atoms with Gasteiger partial charge in [0, 0.05) is 26.3 Å². The molecule has 4 rings (SSSR count). The Hall–Kier alpha value is -2.80. The van der Waals surface area contributed by atoms with Gasteiger partial charge in [0.15, 0.2) is 11.3 Å². The third-order valence-electron chi connectivity index (χ3n) is 5.07. The third kappa shape index (κ3) is 2.88. The maximum absolute atomic E-state index is 13.2. The molecule has 4 aromatic rings. The van der Waals surface area contributed by atoms with Crippen LogP contribution in [0.1, 0.15) is 32.7 Å². The second-order valence-corrected chi connectivity index (χ2v) is 6.80. The highest BCUT2D eigenvalue weighted by molar-refractivity contribution is 6.04. The smallest absolute Gasteiger partial charge is 0.265 e. The van der Waals surface area contributed by atoms with E-state index in [9.17, 15) is 4.79 Å². The second kappa shape index (κ2) is 7.08. The minimum Gasteiger partial charge on any atom is -0.385 e. The van der Waals surface area contributed by atoms with Crippen molar-refractivity contribution in [3.8, 4) is 0 Å². The Morgan fingerprint density at radius 3 is 2.59 bits per heavy atom. The summed E-state index contributed by atoms with van der Waals surface area (Å²) in [6, 6.07) is 7.80. The van der Waals surface area contributed by atoms with Crippen molar-refractivity contribution in [1.29, 1.82) is 0 Å². The minimum atomic E-state index is -0.0607. The monoisotopic (exact) mass is 365 g/mol. The number of benzene rings is 1. The molecular formula is C20H23N5O2. The highest BCUT2D eigenvalue weighted by Gasteiger charge is 2.20. The summed E-state index contributed by atoms with van der Waals surface area (Å²) in [5.74, 6) is 0. The molecule has 0 spiro atoms. The summed E-state index contributed by atoms with van der Waals surface area (Å²) in [5, 5.41) is 0.545. The summed E-state index contributed by atoms with van der Waals surface area (Å²) in [5.41, 5.74) is 3.49. The van der Waals surface area contributed by atoms with E-state index in [4.69, 9.17) is 14.7 Å². The van der Waals surface area contributed by atoms with Gasteiger partial charge < -0.3 is 9.30 Å². The summed E-state index contributed by atoms with van der Waals surface area (Å²) in [6.07, 6.45) is 3.30. The SMILES string of the molecule is CC[C@@H](C)n1cnc2c(c1=O)c1nc3ccccc3nc1n2CCCOC. The van der Waals surface area contributed by atoms with Crippen molar-refractivity contribution >= 4 is 33.2 Å². The number of fused-ring (bicyclic) bond motifs is 4. The lowest BCUT2D eigenvalue weighted by atomic mass is 10.2. The van der Waals surface area contributed by atoms with E-state index < -0.39 is 0 Å². The van der Waals surface area contributed by atoms with Gasteiger partial charge >= 0.3 is 0 Å². The lowest BCUT2D eigenvalue weighted by Gasteiger charge is -2.12. The molecule has 0 bridgehead atoms. The Labute approximate surface area is 156 Å². The van der Waals surface area contributed by atoms with Gasteiger partial charge in [-0.15, -0.1) is 0 Å². The number of hydrogen-bond donors (Lipinski definition) is 0. The van der Waals surface area contributed by atoms with Crippen LogP contribution in [-0.2, 0) is 11.3 Å². The maximum atomic E-state index is 13.2. The average molecular weight is 365 g/mol. The number of hydrogen-bond acceptors (Lipinski definition) is 5. The van der Waals surface area contributed by atoms with Crippen LogP contribution in [0, 0.1) is 0 Å². The number of nitrogens with zero attached hydrogens (tertiary/aromatic N) is 5. The van der Waals surface area contributed by atoms with Crippen LogP contribution in [0.25, 0.3) is 33.2 Å². The molecule has 0 N–H and O–H groups in total. The normalized spacial score (nSPS) is 13.0. The van der Waals surface area contributed by atoms with Gasteiger partial charge in [0.2, 0.25) is 0 Å². The van der Waals surface area contributed by atoms with Gasteiger partial charge in [-0.05, 0) is 31.9 Å². The van der Waals surface area contributed by atoms with Crippen LogP contribution in [0.5, 0.6) is 0 Å². The molecule has 0 radical (unpaired) electrons. The molecule has 27 heavy (non-hydrogen) atoms. The van der Waals surface area contributed by atoms with Gasteiger partial charge in [-0.25, -0.2) is 15.0 Å². The van der Waals surface area contributed by atoms with Gasteiger partial charge in [-0.3, -0.25) is 9.36 Å². The van der Waals surface area contributed by atoms with E-state index in [0.29, 0.717) is 35.3 Å². The fourth-order valence-electron chi connectivity index (χ4n) is 3.41. The number of aromatic nitrogens is 5. The van der Waals surface area contributed by atoms with Crippen molar-refractivity contribution < 1.29 is 4.74 Å². The fourth-order valence-corrected chi connectivity index (χ4v) is 3.41. The van der Waals surface area contributed by atoms with E-state index in [1.54, 1.807) is 18.0 Å². The molecule has 0 amide bonds. The van der Waals surface area contributed by atoms with Gasteiger partial charge in [0.1, 0.15) is 17.2 Å². The Kier molecular flexibility index (Phi) is 4.61. The first-order chi connectivity index (χ1) is 13.2. The fraction of sp³-hybridized carbons (Fsp3) is 0.400. The van der Waals surface area contributed by atoms with Crippen LogP contribution in [0.15, 0.2) is 35.4 Å². The lowest BCUT2D eigenvalue weighted by molar-refractivity contribution is 0.191. The van der Waals surface area contributed by atoms with Crippen molar-refractivity contribution in [3.63, 3.8) is 0 Å². The van der Waals surface area contributed by atoms with Crippen molar-refractivity contribution in [1.82, 2.24) is 24.1 Å². The van der Waals surface area contributed by atoms with Gasteiger partial charge in [-0.2, -0.15) is 0 Å². The van der Waals surface area contributed by atoms with Gasteiger partial charge in [0.05, 0.1) is 11.0 Å². The first kappa shape index (κ1) is 17.6. The Morgan fingerprint density at radius 2 is 1.89 bits per heavy atom. The highest BCUT2D eigenvalue weighted by Crippen LogP contribution is 2.25. The van der Waals surface area contributed by atoms with Crippen molar-refractivity contribution in [2.45, 2.75) is 39.3 Å². The molecule has 3 aromatic heterocycles. The zero-order chi connectivity index (χ0) is 19.0. The van der Waals surface area contributed by atoms with E-state index in [0.717, 1.165) is 23.9 Å². The number of rotatable bonds is 6. The van der Waals surface area contributed by atoms with Crippen LogP contribution < -0.4 is 5.56 Å². The number of para-hydroxylation sites is 2.